The standard InChI is InChI=1S/C15H22N4O/c16-14(17)12-7-11-3-1-2-4-13(11)18-15(12)19-6-5-10(8-19)9-20/h7,10,20H,1-6,8-9H2,(H3,16,17). The lowest BCUT2D eigenvalue weighted by Crippen LogP contribution is -2.27. The molecule has 0 spiro atoms. The molecule has 1 aliphatic carbocycles. The predicted molar refractivity (Wildman–Crippen MR) is 79.3 cm³/mol. The summed E-state index contributed by atoms with van der Waals surface area (Å²) in [6.07, 6.45) is 5.44. The molecule has 1 fully saturated rings. The van der Waals surface area contributed by atoms with E-state index in [0.29, 0.717) is 5.92 Å². The first-order chi connectivity index (χ1) is 9.69. The lowest BCUT2D eigenvalue weighted by molar-refractivity contribution is 0.238. The number of nitrogens with one attached hydrogen (secondary N) is 1. The molecule has 1 aromatic rings. The zero-order valence-electron chi connectivity index (χ0n) is 11.7. The van der Waals surface area contributed by atoms with E-state index in [-0.39, 0.29) is 12.4 Å². The molecule has 4 N–H and O–H groups in total. The molecule has 0 amide bonds. The van der Waals surface area contributed by atoms with Gasteiger partial charge in [-0.1, -0.05) is 0 Å². The van der Waals surface area contributed by atoms with Gasteiger partial charge in [-0.25, -0.2) is 4.98 Å². The monoisotopic (exact) mass is 274 g/mol. The van der Waals surface area contributed by atoms with Gasteiger partial charge in [-0.15, -0.1) is 0 Å². The number of fused-ring (bicyclic) bond motifs is 1. The molecule has 2 aliphatic rings. The number of rotatable bonds is 3. The second kappa shape index (κ2) is 5.40. The van der Waals surface area contributed by atoms with Gasteiger partial charge in [0.25, 0.3) is 0 Å². The van der Waals surface area contributed by atoms with E-state index in [1.54, 1.807) is 0 Å². The fourth-order valence-electron chi connectivity index (χ4n) is 3.24. The summed E-state index contributed by atoms with van der Waals surface area (Å²) in [4.78, 5) is 6.98. The number of aryl methyl sites for hydroxylation is 2. The first kappa shape index (κ1) is 13.4. The van der Waals surface area contributed by atoms with Crippen molar-refractivity contribution >= 4 is 11.7 Å². The van der Waals surface area contributed by atoms with Crippen LogP contribution in [0.2, 0.25) is 0 Å². The van der Waals surface area contributed by atoms with Crippen molar-refractivity contribution < 1.29 is 5.11 Å². The molecular weight excluding hydrogens is 252 g/mol. The highest BCUT2D eigenvalue weighted by atomic mass is 16.3. The normalized spacial score (nSPS) is 21.9. The van der Waals surface area contributed by atoms with Crippen LogP contribution >= 0.6 is 0 Å². The Labute approximate surface area is 119 Å². The van der Waals surface area contributed by atoms with Crippen molar-refractivity contribution in [3.8, 4) is 0 Å². The summed E-state index contributed by atoms with van der Waals surface area (Å²) in [6.45, 7) is 1.91. The van der Waals surface area contributed by atoms with E-state index in [4.69, 9.17) is 16.1 Å². The third-order valence-electron chi connectivity index (χ3n) is 4.41. The Morgan fingerprint density at radius 3 is 2.95 bits per heavy atom. The molecule has 1 aliphatic heterocycles. The summed E-state index contributed by atoms with van der Waals surface area (Å²) in [6, 6.07) is 2.06. The van der Waals surface area contributed by atoms with Crippen molar-refractivity contribution in [2.75, 3.05) is 24.6 Å². The SMILES string of the molecule is N=C(N)c1cc2c(nc1N1CCC(CO)C1)CCCC2. The molecule has 2 heterocycles. The minimum absolute atomic E-state index is 0.0910. The van der Waals surface area contributed by atoms with Gasteiger partial charge in [-0.2, -0.15) is 0 Å². The molecule has 1 atom stereocenters. The minimum Gasteiger partial charge on any atom is -0.396 e. The summed E-state index contributed by atoms with van der Waals surface area (Å²) >= 11 is 0. The number of nitrogen functional groups attached to an aromatic ring is 1. The van der Waals surface area contributed by atoms with Crippen LogP contribution in [-0.2, 0) is 12.8 Å². The van der Waals surface area contributed by atoms with E-state index < -0.39 is 0 Å². The lowest BCUT2D eigenvalue weighted by atomic mass is 9.94. The van der Waals surface area contributed by atoms with Gasteiger partial charge in [0.2, 0.25) is 0 Å². The molecule has 5 nitrogen and oxygen atoms in total. The zero-order chi connectivity index (χ0) is 14.1. The van der Waals surface area contributed by atoms with Crippen molar-refractivity contribution in [1.82, 2.24) is 4.98 Å². The van der Waals surface area contributed by atoms with Gasteiger partial charge in [0.1, 0.15) is 11.7 Å². The Balaban J connectivity index is 1.98. The summed E-state index contributed by atoms with van der Waals surface area (Å²) in [7, 11) is 0. The van der Waals surface area contributed by atoms with Gasteiger partial charge in [-0.05, 0) is 43.7 Å². The molecule has 0 saturated carbocycles. The highest BCUT2D eigenvalue weighted by molar-refractivity contribution is 6.00. The van der Waals surface area contributed by atoms with Crippen LogP contribution in [0.15, 0.2) is 6.07 Å². The van der Waals surface area contributed by atoms with Crippen LogP contribution < -0.4 is 10.6 Å². The van der Waals surface area contributed by atoms with E-state index in [0.717, 1.165) is 43.7 Å². The van der Waals surface area contributed by atoms with Crippen LogP contribution in [-0.4, -0.2) is 35.6 Å². The predicted octanol–water partition coefficient (Wildman–Crippen LogP) is 1.06. The van der Waals surface area contributed by atoms with E-state index >= 15 is 0 Å². The number of hydrogen-bond acceptors (Lipinski definition) is 4. The van der Waals surface area contributed by atoms with E-state index in [1.165, 1.54) is 24.1 Å². The average Bonchev–Trinajstić information content (AvgIpc) is 2.94. The Bertz CT molecular complexity index is 529. The molecule has 1 aromatic heterocycles. The minimum atomic E-state index is 0.0910. The van der Waals surface area contributed by atoms with Crippen molar-refractivity contribution in [3.63, 3.8) is 0 Å². The molecule has 3 rings (SSSR count). The van der Waals surface area contributed by atoms with Gasteiger partial charge in [-0.3, -0.25) is 5.41 Å². The fraction of sp³-hybridized carbons (Fsp3) is 0.600. The molecule has 1 unspecified atom stereocenters. The molecular formula is C15H22N4O. The summed E-state index contributed by atoms with van der Waals surface area (Å²) in [5, 5.41) is 17.1. The molecule has 108 valence electrons. The van der Waals surface area contributed by atoms with Crippen LogP contribution in [0.25, 0.3) is 0 Å². The molecule has 1 saturated heterocycles. The number of amidine groups is 1. The van der Waals surface area contributed by atoms with Crippen LogP contribution in [0.3, 0.4) is 0 Å². The Kier molecular flexibility index (Phi) is 3.61. The van der Waals surface area contributed by atoms with E-state index in [1.807, 2.05) is 0 Å². The third kappa shape index (κ3) is 2.38. The maximum absolute atomic E-state index is 9.29. The topological polar surface area (TPSA) is 86.2 Å². The first-order valence-corrected chi connectivity index (χ1v) is 7.42. The maximum atomic E-state index is 9.29. The van der Waals surface area contributed by atoms with Gasteiger partial charge >= 0.3 is 0 Å². The van der Waals surface area contributed by atoms with Crippen LogP contribution in [0.5, 0.6) is 0 Å². The Hall–Kier alpha value is -1.62. The van der Waals surface area contributed by atoms with Gasteiger partial charge < -0.3 is 15.7 Å². The fourth-order valence-corrected chi connectivity index (χ4v) is 3.24. The number of pyridine rings is 1. The van der Waals surface area contributed by atoms with Gasteiger partial charge in [0.15, 0.2) is 0 Å². The van der Waals surface area contributed by atoms with Gasteiger partial charge in [0, 0.05) is 31.3 Å². The molecule has 20 heavy (non-hydrogen) atoms. The first-order valence-electron chi connectivity index (χ1n) is 7.42. The quantitative estimate of drug-likeness (QED) is 0.568. The number of nitrogens with zero attached hydrogens (tertiary/aromatic N) is 2. The van der Waals surface area contributed by atoms with E-state index in [9.17, 15) is 5.11 Å². The second-order valence-corrected chi connectivity index (χ2v) is 5.87. The van der Waals surface area contributed by atoms with Crippen LogP contribution in [0.4, 0.5) is 5.82 Å². The van der Waals surface area contributed by atoms with Crippen LogP contribution in [0.1, 0.15) is 36.1 Å². The highest BCUT2D eigenvalue weighted by Gasteiger charge is 2.26. The third-order valence-corrected chi connectivity index (χ3v) is 4.41. The zero-order valence-corrected chi connectivity index (χ0v) is 11.7. The Morgan fingerprint density at radius 2 is 2.25 bits per heavy atom. The Morgan fingerprint density at radius 1 is 1.45 bits per heavy atom. The largest absolute Gasteiger partial charge is 0.396 e. The number of aliphatic hydroxyl groups is 1. The number of hydrogen-bond donors (Lipinski definition) is 3. The van der Waals surface area contributed by atoms with Crippen molar-refractivity contribution in [3.05, 3.63) is 22.9 Å². The van der Waals surface area contributed by atoms with E-state index in [2.05, 4.69) is 11.0 Å². The maximum Gasteiger partial charge on any atom is 0.139 e. The molecule has 5 heteroatoms. The van der Waals surface area contributed by atoms with Crippen LogP contribution in [0, 0.1) is 11.3 Å². The summed E-state index contributed by atoms with van der Waals surface area (Å²) in [5.74, 6) is 1.25. The van der Waals surface area contributed by atoms with Crippen molar-refractivity contribution in [2.45, 2.75) is 32.1 Å². The number of aromatic nitrogens is 1. The molecule has 0 radical (unpaired) electrons. The smallest absolute Gasteiger partial charge is 0.139 e. The van der Waals surface area contributed by atoms with Crippen molar-refractivity contribution in [1.29, 1.82) is 5.41 Å². The summed E-state index contributed by atoms with van der Waals surface area (Å²) < 4.78 is 0. The average molecular weight is 274 g/mol. The second-order valence-electron chi connectivity index (χ2n) is 5.87. The summed E-state index contributed by atoms with van der Waals surface area (Å²) in [5.41, 5.74) is 8.93. The lowest BCUT2D eigenvalue weighted by Gasteiger charge is -2.24. The van der Waals surface area contributed by atoms with Gasteiger partial charge in [0.05, 0.1) is 5.56 Å². The molecule has 0 bridgehead atoms. The van der Waals surface area contributed by atoms with Crippen molar-refractivity contribution in [2.24, 2.45) is 11.7 Å². The molecule has 0 aromatic carbocycles. The number of anilines is 1. The number of nitrogens with two attached hydrogens (primary N) is 1. The highest BCUT2D eigenvalue weighted by Crippen LogP contribution is 2.29. The number of aliphatic hydroxyl groups excluding tert-OH is 1.